The lowest BCUT2D eigenvalue weighted by atomic mass is 9.96. The van der Waals surface area contributed by atoms with Gasteiger partial charge in [-0.15, -0.1) is 0 Å². The SMILES string of the molecule is CC(=O)OC[C@@H]1O[C@@H](OC(C)=O)[C@H](N=C=O)[C@@H](OC(C)=O)[C@@H]1OC(C)=O. The molecule has 1 fully saturated rings. The van der Waals surface area contributed by atoms with Crippen molar-refractivity contribution in [2.75, 3.05) is 6.61 Å². The fraction of sp³-hybridized carbons (Fsp3) is 0.667. The van der Waals surface area contributed by atoms with Gasteiger partial charge in [-0.3, -0.25) is 19.2 Å². The molecule has 0 aromatic carbocycles. The van der Waals surface area contributed by atoms with Crippen molar-refractivity contribution in [1.29, 1.82) is 0 Å². The standard InChI is InChI=1S/C15H19NO10/c1-7(18)22-5-11-13(23-8(2)19)14(24-9(3)20)12(16-6-17)15(26-11)25-10(4)21/h11-15H,5H2,1-4H3/t11-,12+,13+,14+,15+/m0/s1. The second kappa shape index (κ2) is 9.64. The van der Waals surface area contributed by atoms with Crippen LogP contribution in [0.15, 0.2) is 4.99 Å². The maximum atomic E-state index is 11.5. The molecule has 11 heteroatoms. The molecule has 0 aromatic heterocycles. The molecule has 144 valence electrons. The van der Waals surface area contributed by atoms with Crippen LogP contribution >= 0.6 is 0 Å². The molecule has 0 aromatic rings. The third-order valence-electron chi connectivity index (χ3n) is 3.15. The van der Waals surface area contributed by atoms with Gasteiger partial charge < -0.3 is 23.7 Å². The first-order chi connectivity index (χ1) is 12.1. The molecule has 0 spiro atoms. The molecular formula is C15H19NO10. The lowest BCUT2D eigenvalue weighted by Crippen LogP contribution is -2.61. The Morgan fingerprint density at radius 1 is 0.885 bits per heavy atom. The van der Waals surface area contributed by atoms with E-state index < -0.39 is 54.5 Å². The van der Waals surface area contributed by atoms with Gasteiger partial charge in [-0.2, -0.15) is 4.99 Å². The minimum absolute atomic E-state index is 0.389. The van der Waals surface area contributed by atoms with E-state index in [9.17, 15) is 24.0 Å². The van der Waals surface area contributed by atoms with Gasteiger partial charge in [-0.25, -0.2) is 4.79 Å². The average molecular weight is 373 g/mol. The van der Waals surface area contributed by atoms with Gasteiger partial charge in [0.1, 0.15) is 12.7 Å². The molecule has 0 N–H and O–H groups in total. The highest BCUT2D eigenvalue weighted by atomic mass is 16.7. The molecule has 0 saturated carbocycles. The van der Waals surface area contributed by atoms with Crippen LogP contribution in [0.4, 0.5) is 0 Å². The molecule has 1 saturated heterocycles. The summed E-state index contributed by atoms with van der Waals surface area (Å²) in [5, 5.41) is 0. The van der Waals surface area contributed by atoms with Crippen molar-refractivity contribution >= 4 is 30.0 Å². The molecule has 1 rings (SSSR count). The molecule has 0 amide bonds. The van der Waals surface area contributed by atoms with E-state index in [1.54, 1.807) is 0 Å². The number of esters is 4. The Bertz CT molecular complexity index is 612. The minimum Gasteiger partial charge on any atom is -0.463 e. The van der Waals surface area contributed by atoms with Gasteiger partial charge in [-0.1, -0.05) is 0 Å². The maximum absolute atomic E-state index is 11.5. The Hall–Kier alpha value is -2.78. The highest BCUT2D eigenvalue weighted by molar-refractivity contribution is 5.68. The fourth-order valence-electron chi connectivity index (χ4n) is 2.34. The van der Waals surface area contributed by atoms with E-state index in [1.165, 1.54) is 6.08 Å². The summed E-state index contributed by atoms with van der Waals surface area (Å²) in [6, 6.07) is -1.33. The summed E-state index contributed by atoms with van der Waals surface area (Å²) >= 11 is 0. The van der Waals surface area contributed by atoms with Crippen molar-refractivity contribution < 1.29 is 47.7 Å². The molecule has 0 unspecified atom stereocenters. The van der Waals surface area contributed by atoms with Crippen molar-refractivity contribution in [2.24, 2.45) is 4.99 Å². The minimum atomic E-state index is -1.45. The summed E-state index contributed by atoms with van der Waals surface area (Å²) in [6.45, 7) is 4.04. The summed E-state index contributed by atoms with van der Waals surface area (Å²) in [7, 11) is 0. The molecule has 0 radical (unpaired) electrons. The van der Waals surface area contributed by atoms with Crippen LogP contribution in [0.5, 0.6) is 0 Å². The number of carbonyl (C=O) groups excluding carboxylic acids is 5. The van der Waals surface area contributed by atoms with E-state index in [0.29, 0.717) is 0 Å². The Morgan fingerprint density at radius 3 is 1.88 bits per heavy atom. The van der Waals surface area contributed by atoms with Crippen LogP contribution in [0.2, 0.25) is 0 Å². The van der Waals surface area contributed by atoms with E-state index in [0.717, 1.165) is 27.7 Å². The van der Waals surface area contributed by atoms with Crippen molar-refractivity contribution in [3.63, 3.8) is 0 Å². The number of hydrogen-bond donors (Lipinski definition) is 0. The number of ether oxygens (including phenoxy) is 5. The highest BCUT2D eigenvalue weighted by Crippen LogP contribution is 2.29. The lowest BCUT2D eigenvalue weighted by Gasteiger charge is -2.42. The van der Waals surface area contributed by atoms with Crippen LogP contribution in [-0.2, 0) is 47.7 Å². The summed E-state index contributed by atoms with van der Waals surface area (Å²) in [5.41, 5.74) is 0. The smallest absolute Gasteiger partial charge is 0.305 e. The zero-order valence-electron chi connectivity index (χ0n) is 14.6. The Labute approximate surface area is 148 Å². The average Bonchev–Trinajstić information content (AvgIpc) is 2.49. The Balaban J connectivity index is 3.28. The van der Waals surface area contributed by atoms with Gasteiger partial charge in [0.2, 0.25) is 12.4 Å². The molecule has 5 atom stereocenters. The van der Waals surface area contributed by atoms with Crippen LogP contribution in [0, 0.1) is 0 Å². The van der Waals surface area contributed by atoms with Gasteiger partial charge in [0.25, 0.3) is 0 Å². The maximum Gasteiger partial charge on any atom is 0.305 e. The van der Waals surface area contributed by atoms with Gasteiger partial charge >= 0.3 is 23.9 Å². The number of nitrogens with zero attached hydrogens (tertiary/aromatic N) is 1. The second-order valence-electron chi connectivity index (χ2n) is 5.31. The molecule has 0 aliphatic carbocycles. The monoisotopic (exact) mass is 373 g/mol. The first kappa shape index (κ1) is 21.3. The van der Waals surface area contributed by atoms with Gasteiger partial charge in [-0.05, 0) is 0 Å². The lowest BCUT2D eigenvalue weighted by molar-refractivity contribution is -0.266. The molecule has 1 aliphatic rings. The third-order valence-corrected chi connectivity index (χ3v) is 3.15. The molecule has 0 bridgehead atoms. The quantitative estimate of drug-likeness (QED) is 0.256. The normalized spacial score (nSPS) is 27.5. The molecule has 1 heterocycles. The molecule has 1 aliphatic heterocycles. The summed E-state index contributed by atoms with van der Waals surface area (Å²) in [6.07, 6.45) is -3.94. The number of rotatable bonds is 6. The van der Waals surface area contributed by atoms with Crippen molar-refractivity contribution in [3.05, 3.63) is 0 Å². The zero-order chi connectivity index (χ0) is 19.9. The van der Waals surface area contributed by atoms with E-state index in [2.05, 4.69) is 4.99 Å². The number of hydrogen-bond acceptors (Lipinski definition) is 11. The Kier molecular flexibility index (Phi) is 7.88. The van der Waals surface area contributed by atoms with Crippen molar-refractivity contribution in [2.45, 2.75) is 58.3 Å². The third kappa shape index (κ3) is 6.26. The largest absolute Gasteiger partial charge is 0.463 e. The predicted octanol–water partition coefficient (Wildman–Crippen LogP) is -0.595. The van der Waals surface area contributed by atoms with Crippen LogP contribution in [0.25, 0.3) is 0 Å². The second-order valence-corrected chi connectivity index (χ2v) is 5.31. The topological polar surface area (TPSA) is 144 Å². The number of carbonyl (C=O) groups is 4. The van der Waals surface area contributed by atoms with E-state index in [1.807, 2.05) is 0 Å². The van der Waals surface area contributed by atoms with Gasteiger partial charge in [0, 0.05) is 27.7 Å². The molecule has 11 nitrogen and oxygen atoms in total. The van der Waals surface area contributed by atoms with E-state index >= 15 is 0 Å². The number of isocyanates is 1. The van der Waals surface area contributed by atoms with Gasteiger partial charge in [0.05, 0.1) is 0 Å². The molecular weight excluding hydrogens is 354 g/mol. The first-order valence-corrected chi connectivity index (χ1v) is 7.53. The van der Waals surface area contributed by atoms with Crippen LogP contribution in [0.1, 0.15) is 27.7 Å². The van der Waals surface area contributed by atoms with Crippen molar-refractivity contribution in [1.82, 2.24) is 0 Å². The predicted molar refractivity (Wildman–Crippen MR) is 80.1 cm³/mol. The summed E-state index contributed by atoms with van der Waals surface area (Å²) in [5.74, 6) is -2.92. The fourth-order valence-corrected chi connectivity index (χ4v) is 2.34. The highest BCUT2D eigenvalue weighted by Gasteiger charge is 2.52. The Morgan fingerprint density at radius 2 is 1.42 bits per heavy atom. The van der Waals surface area contributed by atoms with Crippen LogP contribution in [0.3, 0.4) is 0 Å². The molecule has 26 heavy (non-hydrogen) atoms. The number of aliphatic imine (C=N–C) groups is 1. The van der Waals surface area contributed by atoms with Crippen LogP contribution < -0.4 is 0 Å². The zero-order valence-corrected chi connectivity index (χ0v) is 14.6. The van der Waals surface area contributed by atoms with E-state index in [-0.39, 0.29) is 6.61 Å². The van der Waals surface area contributed by atoms with Crippen LogP contribution in [-0.4, -0.2) is 67.2 Å². The van der Waals surface area contributed by atoms with Crippen molar-refractivity contribution in [3.8, 4) is 0 Å². The van der Waals surface area contributed by atoms with Gasteiger partial charge in [0.15, 0.2) is 18.2 Å². The first-order valence-electron chi connectivity index (χ1n) is 7.53. The van der Waals surface area contributed by atoms with E-state index in [4.69, 9.17) is 23.7 Å². The summed E-state index contributed by atoms with van der Waals surface area (Å²) < 4.78 is 25.5. The summed E-state index contributed by atoms with van der Waals surface area (Å²) in [4.78, 5) is 59.5.